The number of amides is 1. The summed E-state index contributed by atoms with van der Waals surface area (Å²) in [5.41, 5.74) is -1.68. The molecule has 9 rings (SSSR count). The number of aliphatic hydroxyl groups is 1. The monoisotopic (exact) mass is 887 g/mol. The molecule has 3 aromatic rings. The van der Waals surface area contributed by atoms with Crippen LogP contribution < -0.4 is 15.0 Å². The Bertz CT molecular complexity index is 2470. The van der Waals surface area contributed by atoms with Gasteiger partial charge in [0, 0.05) is 109 Å². The van der Waals surface area contributed by atoms with E-state index in [0.29, 0.717) is 79.3 Å². The second-order valence-electron chi connectivity index (χ2n) is 19.2. The molecule has 1 amide bonds. The lowest BCUT2D eigenvalue weighted by Crippen LogP contribution is -2.81. The number of nitrogens with one attached hydrogen (secondary N) is 2. The van der Waals surface area contributed by atoms with E-state index in [0.717, 1.165) is 23.4 Å². The SMILES string of the molecule is CC[C@@]12C=CCN3CCC4(c5cc([C@@]6(C(=O)OC)CC7CC(C(C)(F)F)CN(CCc8c6[nH]c6ccc(NC(C)=O)cc86)C7)c(OC)cc5N(C)C4[C@](O)(C(=O)OC)[C@H]1OC(C)=O)C32. The summed E-state index contributed by atoms with van der Waals surface area (Å²) < 4.78 is 54.7. The number of carbonyl (C=O) groups excluding carboxylic acids is 4. The number of H-pyrrole nitrogens is 1. The Morgan fingerprint density at radius 2 is 1.75 bits per heavy atom. The number of rotatable bonds is 8. The molecule has 6 unspecified atom stereocenters. The van der Waals surface area contributed by atoms with Gasteiger partial charge in [-0.15, -0.1) is 0 Å². The minimum atomic E-state index is -2.98. The Hall–Kier alpha value is -5.06. The number of halogens is 2. The summed E-state index contributed by atoms with van der Waals surface area (Å²) in [5, 5.41) is 17.0. The molecule has 64 heavy (non-hydrogen) atoms. The molecule has 1 spiro atoms. The van der Waals surface area contributed by atoms with Gasteiger partial charge in [-0.1, -0.05) is 19.1 Å². The predicted molar refractivity (Wildman–Crippen MR) is 234 cm³/mol. The molecule has 3 fully saturated rings. The standard InChI is InChI=1S/C48H59F2N5O9/c1-9-45-14-10-16-55-18-15-46(39(45)55)33-21-34(37(61-6)22-36(33)53(5)40(46)48(60,43(59)63-8)41(45)64-27(3)57)47(42(58)62-7)23-28-19-29(44(4,49)50)25-54(24-28)17-13-31-32-20-30(51-26(2)56)11-12-35(32)52-38(31)47/h10-12,14,20-22,28-29,39-41,52,60H,9,13,15-19,23-25H2,1-8H3,(H,51,56)/t28?,29?,39?,40?,41-,45-,46?,47-,48+/m0/s1. The van der Waals surface area contributed by atoms with Crippen LogP contribution in [0.1, 0.15) is 75.8 Å². The summed E-state index contributed by atoms with van der Waals surface area (Å²) >= 11 is 0. The molecule has 2 bridgehead atoms. The molecule has 5 aliphatic heterocycles. The highest BCUT2D eigenvalue weighted by Gasteiger charge is 2.80. The first-order valence-electron chi connectivity index (χ1n) is 22.3. The first kappa shape index (κ1) is 44.2. The quantitative estimate of drug-likeness (QED) is 0.157. The number of benzene rings is 2. The van der Waals surface area contributed by atoms with E-state index >= 15 is 13.6 Å². The molecule has 2 saturated heterocycles. The van der Waals surface area contributed by atoms with Crippen molar-refractivity contribution in [3.05, 3.63) is 64.9 Å². The first-order chi connectivity index (χ1) is 30.3. The van der Waals surface area contributed by atoms with Gasteiger partial charge >= 0.3 is 17.9 Å². The van der Waals surface area contributed by atoms with Crippen molar-refractivity contribution in [3.8, 4) is 5.75 Å². The van der Waals surface area contributed by atoms with Gasteiger partial charge < -0.3 is 44.2 Å². The summed E-state index contributed by atoms with van der Waals surface area (Å²) in [6.45, 7) is 7.91. The smallest absolute Gasteiger partial charge is 0.344 e. The van der Waals surface area contributed by atoms with E-state index in [-0.39, 0.29) is 25.3 Å². The van der Waals surface area contributed by atoms with Crippen LogP contribution in [0.4, 0.5) is 20.2 Å². The molecule has 6 heterocycles. The van der Waals surface area contributed by atoms with Gasteiger partial charge in [0.15, 0.2) is 6.10 Å². The average Bonchev–Trinajstić information content (AvgIpc) is 3.91. The minimum Gasteiger partial charge on any atom is -0.496 e. The number of nitrogens with zero attached hydrogens (tertiary/aromatic N) is 3. The lowest BCUT2D eigenvalue weighted by Gasteiger charge is -2.63. The normalized spacial score (nSPS) is 34.0. The second-order valence-corrected chi connectivity index (χ2v) is 19.2. The zero-order chi connectivity index (χ0) is 45.9. The van der Waals surface area contributed by atoms with Crippen LogP contribution in [0.15, 0.2) is 42.5 Å². The molecule has 0 radical (unpaired) electrons. The summed E-state index contributed by atoms with van der Waals surface area (Å²) in [6, 6.07) is 7.93. The number of anilines is 2. The summed E-state index contributed by atoms with van der Waals surface area (Å²) in [6.07, 6.45) is 4.18. The van der Waals surface area contributed by atoms with Crippen molar-refractivity contribution in [2.75, 3.05) is 71.3 Å². The molecule has 1 saturated carbocycles. The van der Waals surface area contributed by atoms with E-state index in [1.807, 2.05) is 48.2 Å². The third-order valence-electron chi connectivity index (χ3n) is 16.0. The van der Waals surface area contributed by atoms with E-state index in [1.165, 1.54) is 35.2 Å². The summed E-state index contributed by atoms with van der Waals surface area (Å²) in [5.74, 6) is -6.48. The highest BCUT2D eigenvalue weighted by molar-refractivity contribution is 5.97. The number of likely N-dealkylation sites (N-methyl/N-ethyl adjacent to an activating group) is 1. The van der Waals surface area contributed by atoms with Crippen LogP contribution in [0, 0.1) is 17.3 Å². The molecule has 1 aliphatic carbocycles. The zero-order valence-electron chi connectivity index (χ0n) is 37.8. The molecule has 1 aromatic heterocycles. The maximum absolute atomic E-state index is 15.5. The molecular weight excluding hydrogens is 829 g/mol. The topological polar surface area (TPSA) is 163 Å². The Labute approximate surface area is 371 Å². The van der Waals surface area contributed by atoms with Crippen molar-refractivity contribution in [1.29, 1.82) is 0 Å². The maximum atomic E-state index is 15.5. The highest BCUT2D eigenvalue weighted by Crippen LogP contribution is 2.68. The molecule has 344 valence electrons. The lowest BCUT2D eigenvalue weighted by atomic mass is 9.47. The van der Waals surface area contributed by atoms with Gasteiger partial charge in [0.05, 0.1) is 27.4 Å². The number of carbonyl (C=O) groups is 4. The Morgan fingerprint density at radius 1 is 1.00 bits per heavy atom. The molecule has 16 heteroatoms. The average molecular weight is 888 g/mol. The fourth-order valence-electron chi connectivity index (χ4n) is 13.8. The van der Waals surface area contributed by atoms with Gasteiger partial charge in [-0.3, -0.25) is 19.3 Å². The highest BCUT2D eigenvalue weighted by atomic mass is 19.3. The number of esters is 3. The van der Waals surface area contributed by atoms with Crippen molar-refractivity contribution in [1.82, 2.24) is 14.8 Å². The van der Waals surface area contributed by atoms with Crippen LogP contribution in [-0.4, -0.2) is 135 Å². The van der Waals surface area contributed by atoms with Crippen molar-refractivity contribution < 1.29 is 52.0 Å². The van der Waals surface area contributed by atoms with E-state index in [9.17, 15) is 19.5 Å². The zero-order valence-corrected chi connectivity index (χ0v) is 37.8. The van der Waals surface area contributed by atoms with Crippen LogP contribution in [0.3, 0.4) is 0 Å². The van der Waals surface area contributed by atoms with Gasteiger partial charge in [-0.2, -0.15) is 0 Å². The Balaban J connectivity index is 1.36. The van der Waals surface area contributed by atoms with Crippen LogP contribution >= 0.6 is 0 Å². The minimum absolute atomic E-state index is 0.0837. The largest absolute Gasteiger partial charge is 0.496 e. The number of hydrogen-bond donors (Lipinski definition) is 3. The van der Waals surface area contributed by atoms with Gasteiger partial charge in [0.2, 0.25) is 17.4 Å². The van der Waals surface area contributed by atoms with Crippen molar-refractivity contribution in [2.45, 2.75) is 100 Å². The maximum Gasteiger partial charge on any atom is 0.344 e. The van der Waals surface area contributed by atoms with E-state index in [2.05, 4.69) is 20.1 Å². The second kappa shape index (κ2) is 15.3. The molecule has 2 aromatic carbocycles. The number of piperidine rings is 1. The van der Waals surface area contributed by atoms with E-state index < -0.39 is 75.7 Å². The van der Waals surface area contributed by atoms with Crippen LogP contribution in [-0.2, 0) is 50.6 Å². The number of aromatic amines is 1. The fraction of sp³-hybridized carbons (Fsp3) is 0.583. The van der Waals surface area contributed by atoms with Crippen molar-refractivity contribution >= 4 is 46.1 Å². The number of methoxy groups -OCH3 is 3. The van der Waals surface area contributed by atoms with Crippen LogP contribution in [0.25, 0.3) is 10.9 Å². The number of hydrogen-bond acceptors (Lipinski definition) is 12. The third kappa shape index (κ3) is 6.03. The van der Waals surface area contributed by atoms with E-state index in [1.54, 1.807) is 13.1 Å². The lowest BCUT2D eigenvalue weighted by molar-refractivity contribution is -0.228. The first-order valence-corrected chi connectivity index (χ1v) is 22.3. The molecule has 14 nitrogen and oxygen atoms in total. The van der Waals surface area contributed by atoms with Crippen molar-refractivity contribution in [2.24, 2.45) is 17.3 Å². The molecule has 10 atom stereocenters. The van der Waals surface area contributed by atoms with E-state index in [4.69, 9.17) is 18.9 Å². The summed E-state index contributed by atoms with van der Waals surface area (Å²) in [7, 11) is 5.86. The number of fused-ring (bicyclic) bond motifs is 6. The van der Waals surface area contributed by atoms with Gasteiger partial charge in [0.25, 0.3) is 0 Å². The Morgan fingerprint density at radius 3 is 2.41 bits per heavy atom. The molecule has 3 N–H and O–H groups in total. The number of aromatic nitrogens is 1. The third-order valence-corrected chi connectivity index (χ3v) is 16.0. The number of ether oxygens (including phenoxy) is 4. The van der Waals surface area contributed by atoms with Gasteiger partial charge in [-0.05, 0) is 86.9 Å². The summed E-state index contributed by atoms with van der Waals surface area (Å²) in [4.78, 5) is 65.1. The molecular formula is C48H59F2N5O9. The van der Waals surface area contributed by atoms with Crippen molar-refractivity contribution in [3.63, 3.8) is 0 Å². The van der Waals surface area contributed by atoms with Gasteiger partial charge in [0.1, 0.15) is 11.2 Å². The van der Waals surface area contributed by atoms with Crippen LogP contribution in [0.5, 0.6) is 5.75 Å². The fourth-order valence-corrected chi connectivity index (χ4v) is 13.8. The Kier molecular flexibility index (Phi) is 10.5. The number of alkyl halides is 2. The predicted octanol–water partition coefficient (Wildman–Crippen LogP) is 5.08. The molecule has 6 aliphatic rings. The van der Waals surface area contributed by atoms with Gasteiger partial charge in [-0.25, -0.2) is 13.6 Å². The van der Waals surface area contributed by atoms with Crippen LogP contribution in [0.2, 0.25) is 0 Å².